The van der Waals surface area contributed by atoms with Gasteiger partial charge in [-0.3, -0.25) is 4.79 Å². The zero-order valence-corrected chi connectivity index (χ0v) is 15.0. The molecule has 5 nitrogen and oxygen atoms in total. The Morgan fingerprint density at radius 2 is 1.84 bits per heavy atom. The number of sulfonamides is 1. The Kier molecular flexibility index (Phi) is 5.87. The summed E-state index contributed by atoms with van der Waals surface area (Å²) in [6, 6.07) is 5.76. The first-order valence-corrected chi connectivity index (χ1v) is 9.29. The molecule has 0 aliphatic heterocycles. The Morgan fingerprint density at radius 1 is 1.16 bits per heavy atom. The molecular weight excluding hydrogens is 399 g/mol. The monoisotopic (exact) mass is 409 g/mol. The summed E-state index contributed by atoms with van der Waals surface area (Å²) < 4.78 is 56.9. The molecule has 0 aliphatic carbocycles. The third-order valence-corrected chi connectivity index (χ3v) is 4.04. The summed E-state index contributed by atoms with van der Waals surface area (Å²) in [6.45, 7) is -0.378. The van der Waals surface area contributed by atoms with Crippen LogP contribution in [-0.2, 0) is 16.6 Å². The van der Waals surface area contributed by atoms with E-state index < -0.39 is 33.1 Å². The standard InChI is InChI=1S/C15H11Cl2F2NO4S/c1-25(22,23)20-15(21)10-6-12(18)8(4-13(10)19)7-24-14-5-9(16)2-3-11(14)17/h2-6H,7H2,1H3,(H,20,21). The van der Waals surface area contributed by atoms with Crippen molar-refractivity contribution in [2.45, 2.75) is 6.61 Å². The van der Waals surface area contributed by atoms with Crippen molar-refractivity contribution in [1.29, 1.82) is 0 Å². The number of amides is 1. The number of benzene rings is 2. The maximum Gasteiger partial charge on any atom is 0.267 e. The summed E-state index contributed by atoms with van der Waals surface area (Å²) in [5.74, 6) is -3.14. The normalized spacial score (nSPS) is 11.2. The SMILES string of the molecule is CS(=O)(=O)NC(=O)c1cc(F)c(COc2cc(Cl)ccc2Cl)cc1F. The molecule has 0 saturated heterocycles. The molecule has 0 heterocycles. The Labute approximate surface area is 152 Å². The first-order chi connectivity index (χ1) is 11.6. The van der Waals surface area contributed by atoms with Crippen LogP contribution in [0.3, 0.4) is 0 Å². The van der Waals surface area contributed by atoms with E-state index in [-0.39, 0.29) is 22.9 Å². The van der Waals surface area contributed by atoms with E-state index in [0.29, 0.717) is 11.1 Å². The zero-order chi connectivity index (χ0) is 18.8. The van der Waals surface area contributed by atoms with Gasteiger partial charge in [0.1, 0.15) is 24.0 Å². The number of hydrogen-bond donors (Lipinski definition) is 1. The van der Waals surface area contributed by atoms with Crippen molar-refractivity contribution >= 4 is 39.1 Å². The largest absolute Gasteiger partial charge is 0.487 e. The Hall–Kier alpha value is -1.90. The fourth-order valence-electron chi connectivity index (χ4n) is 1.84. The number of halogens is 4. The molecule has 0 atom stereocenters. The molecule has 0 aliphatic rings. The first-order valence-electron chi connectivity index (χ1n) is 6.64. The average Bonchev–Trinajstić information content (AvgIpc) is 2.49. The minimum atomic E-state index is -3.91. The van der Waals surface area contributed by atoms with Gasteiger partial charge in [0.25, 0.3) is 5.91 Å². The van der Waals surface area contributed by atoms with Crippen LogP contribution < -0.4 is 9.46 Å². The van der Waals surface area contributed by atoms with E-state index in [4.69, 9.17) is 27.9 Å². The summed E-state index contributed by atoms with van der Waals surface area (Å²) in [6.07, 6.45) is 0.718. The number of rotatable bonds is 5. The predicted octanol–water partition coefficient (Wildman–Crippen LogP) is 3.54. The van der Waals surface area contributed by atoms with Crippen LogP contribution in [0.25, 0.3) is 0 Å². The highest BCUT2D eigenvalue weighted by Crippen LogP contribution is 2.28. The van der Waals surface area contributed by atoms with Crippen LogP contribution in [0.5, 0.6) is 5.75 Å². The minimum absolute atomic E-state index is 0.174. The third kappa shape index (κ3) is 5.29. The summed E-state index contributed by atoms with van der Waals surface area (Å²) in [5.41, 5.74) is -0.933. The zero-order valence-electron chi connectivity index (χ0n) is 12.6. The molecule has 1 amide bonds. The topological polar surface area (TPSA) is 72.5 Å². The molecule has 0 unspecified atom stereocenters. The van der Waals surface area contributed by atoms with Crippen LogP contribution in [0.2, 0.25) is 10.0 Å². The quantitative estimate of drug-likeness (QED) is 0.819. The number of carbonyl (C=O) groups excluding carboxylic acids is 1. The van der Waals surface area contributed by atoms with Crippen molar-refractivity contribution in [2.24, 2.45) is 0 Å². The van der Waals surface area contributed by atoms with E-state index in [0.717, 1.165) is 12.3 Å². The smallest absolute Gasteiger partial charge is 0.267 e. The highest BCUT2D eigenvalue weighted by atomic mass is 35.5. The van der Waals surface area contributed by atoms with Crippen molar-refractivity contribution in [1.82, 2.24) is 4.72 Å². The number of ether oxygens (including phenoxy) is 1. The summed E-state index contributed by atoms with van der Waals surface area (Å²) in [7, 11) is -3.91. The van der Waals surface area contributed by atoms with Crippen molar-refractivity contribution in [3.05, 3.63) is 63.1 Å². The fourth-order valence-corrected chi connectivity index (χ4v) is 2.62. The third-order valence-electron chi connectivity index (χ3n) is 2.94. The van der Waals surface area contributed by atoms with E-state index in [1.807, 2.05) is 0 Å². The molecule has 0 spiro atoms. The van der Waals surface area contributed by atoms with Crippen molar-refractivity contribution in [3.8, 4) is 5.75 Å². The van der Waals surface area contributed by atoms with Crippen molar-refractivity contribution in [3.63, 3.8) is 0 Å². The number of hydrogen-bond acceptors (Lipinski definition) is 4. The van der Waals surface area contributed by atoms with Crippen molar-refractivity contribution in [2.75, 3.05) is 6.26 Å². The summed E-state index contributed by atoms with van der Waals surface area (Å²) in [4.78, 5) is 11.6. The lowest BCUT2D eigenvalue weighted by Gasteiger charge is -2.11. The molecule has 0 bridgehead atoms. The Bertz CT molecular complexity index is 935. The molecule has 2 aromatic rings. The predicted molar refractivity (Wildman–Crippen MR) is 89.5 cm³/mol. The Balaban J connectivity index is 2.22. The summed E-state index contributed by atoms with van der Waals surface area (Å²) >= 11 is 11.7. The minimum Gasteiger partial charge on any atom is -0.487 e. The van der Waals surface area contributed by atoms with Crippen molar-refractivity contribution < 1.29 is 26.7 Å². The molecule has 0 aromatic heterocycles. The molecule has 10 heteroatoms. The average molecular weight is 410 g/mol. The lowest BCUT2D eigenvalue weighted by atomic mass is 10.1. The van der Waals surface area contributed by atoms with Gasteiger partial charge in [-0.2, -0.15) is 0 Å². The lowest BCUT2D eigenvalue weighted by molar-refractivity contribution is 0.0977. The van der Waals surface area contributed by atoms with Crippen LogP contribution in [0.1, 0.15) is 15.9 Å². The number of nitrogens with one attached hydrogen (secondary N) is 1. The van der Waals surface area contributed by atoms with E-state index in [9.17, 15) is 22.0 Å². The van der Waals surface area contributed by atoms with Gasteiger partial charge in [-0.15, -0.1) is 0 Å². The molecule has 0 radical (unpaired) electrons. The van der Waals surface area contributed by atoms with E-state index in [1.165, 1.54) is 18.2 Å². The van der Waals surface area contributed by atoms with Gasteiger partial charge < -0.3 is 4.74 Å². The van der Waals surface area contributed by atoms with Crippen LogP contribution >= 0.6 is 23.2 Å². The molecule has 1 N–H and O–H groups in total. The van der Waals surface area contributed by atoms with Gasteiger partial charge >= 0.3 is 0 Å². The maximum absolute atomic E-state index is 14.1. The summed E-state index contributed by atoms with van der Waals surface area (Å²) in [5, 5.41) is 0.577. The second-order valence-corrected chi connectivity index (χ2v) is 7.58. The first kappa shape index (κ1) is 19.4. The van der Waals surface area contributed by atoms with Gasteiger partial charge in [-0.25, -0.2) is 21.9 Å². The Morgan fingerprint density at radius 3 is 2.48 bits per heavy atom. The van der Waals surface area contributed by atoms with Gasteiger partial charge in [0.2, 0.25) is 10.0 Å². The fraction of sp³-hybridized carbons (Fsp3) is 0.133. The van der Waals surface area contributed by atoms with Gasteiger partial charge in [0.15, 0.2) is 0 Å². The van der Waals surface area contributed by atoms with E-state index in [1.54, 1.807) is 4.72 Å². The van der Waals surface area contributed by atoms with Crippen LogP contribution in [0.4, 0.5) is 8.78 Å². The van der Waals surface area contributed by atoms with Gasteiger partial charge in [-0.1, -0.05) is 23.2 Å². The molecule has 134 valence electrons. The molecular formula is C15H11Cl2F2NO4S. The maximum atomic E-state index is 14.1. The van der Waals surface area contributed by atoms with E-state index in [2.05, 4.69) is 0 Å². The highest BCUT2D eigenvalue weighted by molar-refractivity contribution is 7.89. The molecule has 2 aromatic carbocycles. The van der Waals surface area contributed by atoms with Gasteiger partial charge in [-0.05, 0) is 24.3 Å². The van der Waals surface area contributed by atoms with Crippen LogP contribution in [-0.4, -0.2) is 20.6 Å². The molecule has 0 saturated carbocycles. The van der Waals surface area contributed by atoms with Crippen LogP contribution in [0, 0.1) is 11.6 Å². The van der Waals surface area contributed by atoms with E-state index >= 15 is 0 Å². The highest BCUT2D eigenvalue weighted by Gasteiger charge is 2.19. The second kappa shape index (κ2) is 7.55. The molecule has 25 heavy (non-hydrogen) atoms. The lowest BCUT2D eigenvalue weighted by Crippen LogP contribution is -2.30. The van der Waals surface area contributed by atoms with Gasteiger partial charge in [0, 0.05) is 16.7 Å². The molecule has 0 fully saturated rings. The second-order valence-electron chi connectivity index (χ2n) is 4.99. The van der Waals surface area contributed by atoms with Gasteiger partial charge in [0.05, 0.1) is 16.8 Å². The number of carbonyl (C=O) groups is 1. The molecule has 2 rings (SSSR count). The van der Waals surface area contributed by atoms with Crippen LogP contribution in [0.15, 0.2) is 30.3 Å².